The number of aryl methyl sites for hydroxylation is 1. The van der Waals surface area contributed by atoms with E-state index in [1.807, 2.05) is 30.3 Å². The number of guanidine groups is 1. The van der Waals surface area contributed by atoms with Gasteiger partial charge in [0.15, 0.2) is 5.96 Å². The van der Waals surface area contributed by atoms with Crippen LogP contribution in [0.3, 0.4) is 0 Å². The average molecular weight is 400 g/mol. The van der Waals surface area contributed by atoms with Crippen molar-refractivity contribution in [3.8, 4) is 0 Å². The van der Waals surface area contributed by atoms with Crippen LogP contribution in [0.5, 0.6) is 0 Å². The molecule has 7 heteroatoms. The van der Waals surface area contributed by atoms with Crippen LogP contribution >= 0.6 is 11.6 Å². The maximum absolute atomic E-state index is 11.1. The molecule has 2 heterocycles. The molecule has 1 aliphatic heterocycles. The second kappa shape index (κ2) is 7.97. The molecule has 2 atom stereocenters. The number of aromatic nitrogens is 1. The van der Waals surface area contributed by atoms with Crippen molar-refractivity contribution >= 4 is 23.4 Å². The molecule has 1 aliphatic carbocycles. The third-order valence-electron chi connectivity index (χ3n) is 5.67. The molecule has 6 nitrogen and oxygen atoms in total. The Balaban J connectivity index is 1.34. The Morgan fingerprint density at radius 3 is 3.04 bits per heavy atom. The van der Waals surface area contributed by atoms with Gasteiger partial charge < -0.3 is 20.6 Å². The number of nitrogens with one attached hydrogen (secondary N) is 2. The van der Waals surface area contributed by atoms with Crippen molar-refractivity contribution in [3.05, 3.63) is 58.7 Å². The van der Waals surface area contributed by atoms with Gasteiger partial charge in [0.05, 0.1) is 11.6 Å². The fraction of sp³-hybridized carbons (Fsp3) is 0.429. The number of halogens is 1. The molecule has 1 aromatic heterocycles. The van der Waals surface area contributed by atoms with Gasteiger partial charge in [-0.05, 0) is 42.5 Å². The molecule has 1 aromatic carbocycles. The predicted molar refractivity (Wildman–Crippen MR) is 113 cm³/mol. The third kappa shape index (κ3) is 3.80. The molecule has 0 spiro atoms. The first kappa shape index (κ1) is 19.0. The Bertz CT molecular complexity index is 873. The van der Waals surface area contributed by atoms with Crippen LogP contribution in [0.1, 0.15) is 24.0 Å². The maximum Gasteiger partial charge on any atom is 0.191 e. The van der Waals surface area contributed by atoms with E-state index in [-0.39, 0.29) is 6.04 Å². The van der Waals surface area contributed by atoms with Crippen LogP contribution in [-0.2, 0) is 12.0 Å². The number of rotatable bonds is 4. The van der Waals surface area contributed by atoms with Crippen LogP contribution in [0.25, 0.3) is 0 Å². The van der Waals surface area contributed by atoms with Gasteiger partial charge in [0.2, 0.25) is 0 Å². The summed E-state index contributed by atoms with van der Waals surface area (Å²) in [5.74, 6) is 1.53. The average Bonchev–Trinajstić information content (AvgIpc) is 3.31. The van der Waals surface area contributed by atoms with E-state index in [0.717, 1.165) is 43.7 Å². The summed E-state index contributed by atoms with van der Waals surface area (Å²) in [6.45, 7) is 2.14. The summed E-state index contributed by atoms with van der Waals surface area (Å²) in [4.78, 5) is 10.9. The molecular weight excluding hydrogens is 374 g/mol. The normalized spacial score (nSPS) is 24.3. The number of anilines is 1. The van der Waals surface area contributed by atoms with Crippen LogP contribution in [0.4, 0.5) is 5.82 Å². The summed E-state index contributed by atoms with van der Waals surface area (Å²) in [6.07, 6.45) is 4.37. The maximum atomic E-state index is 11.1. The molecule has 0 bridgehead atoms. The Morgan fingerprint density at radius 1 is 1.36 bits per heavy atom. The molecule has 4 rings (SSSR count). The van der Waals surface area contributed by atoms with E-state index in [9.17, 15) is 5.11 Å². The van der Waals surface area contributed by atoms with Gasteiger partial charge in [-0.3, -0.25) is 4.99 Å². The van der Waals surface area contributed by atoms with Crippen LogP contribution in [-0.4, -0.2) is 48.8 Å². The van der Waals surface area contributed by atoms with Crippen LogP contribution in [0.2, 0.25) is 5.02 Å². The first-order chi connectivity index (χ1) is 13.6. The number of hydrogen-bond donors (Lipinski definition) is 3. The fourth-order valence-electron chi connectivity index (χ4n) is 4.15. The van der Waals surface area contributed by atoms with Crippen molar-refractivity contribution in [3.63, 3.8) is 0 Å². The smallest absolute Gasteiger partial charge is 0.191 e. The van der Waals surface area contributed by atoms with E-state index in [1.54, 1.807) is 13.2 Å². The van der Waals surface area contributed by atoms with Crippen LogP contribution < -0.4 is 15.5 Å². The highest BCUT2D eigenvalue weighted by Crippen LogP contribution is 2.36. The molecule has 3 N–H and O–H groups in total. The number of aliphatic hydroxyl groups is 1. The standard InChI is InChI=1S/C21H26ClN5O/c1-23-20(25-14-21(28)10-8-15-5-2-3-6-17(15)21)26-16-9-12-27(13-16)19-18(22)7-4-11-24-19/h2-7,11,16,28H,8-10,12-14H2,1H3,(H2,23,25,26). The van der Waals surface area contributed by atoms with Gasteiger partial charge in [0.1, 0.15) is 11.4 Å². The minimum absolute atomic E-state index is 0.245. The second-order valence-electron chi connectivity index (χ2n) is 7.50. The molecule has 0 radical (unpaired) electrons. The number of pyridine rings is 1. The minimum Gasteiger partial charge on any atom is -0.383 e. The van der Waals surface area contributed by atoms with Gasteiger partial charge in [-0.25, -0.2) is 4.98 Å². The summed E-state index contributed by atoms with van der Waals surface area (Å²) in [7, 11) is 1.75. The Hall–Kier alpha value is -2.31. The Kier molecular flexibility index (Phi) is 5.42. The highest BCUT2D eigenvalue weighted by atomic mass is 35.5. The molecule has 28 heavy (non-hydrogen) atoms. The summed E-state index contributed by atoms with van der Waals surface area (Å²) in [5.41, 5.74) is 1.40. The minimum atomic E-state index is -0.850. The highest BCUT2D eigenvalue weighted by molar-refractivity contribution is 6.32. The summed E-state index contributed by atoms with van der Waals surface area (Å²) in [5, 5.41) is 18.5. The van der Waals surface area contributed by atoms with Gasteiger partial charge in [-0.2, -0.15) is 0 Å². The van der Waals surface area contributed by atoms with Crippen molar-refractivity contribution < 1.29 is 5.11 Å². The first-order valence-corrected chi connectivity index (χ1v) is 10.1. The topological polar surface area (TPSA) is 72.8 Å². The van der Waals surface area contributed by atoms with E-state index >= 15 is 0 Å². The first-order valence-electron chi connectivity index (χ1n) is 9.72. The molecule has 2 aliphatic rings. The van der Waals surface area contributed by atoms with E-state index in [0.29, 0.717) is 17.5 Å². The van der Waals surface area contributed by atoms with Crippen LogP contribution in [0.15, 0.2) is 47.6 Å². The lowest BCUT2D eigenvalue weighted by molar-refractivity contribution is 0.0431. The van der Waals surface area contributed by atoms with Crippen molar-refractivity contribution in [1.29, 1.82) is 0 Å². The lowest BCUT2D eigenvalue weighted by Crippen LogP contribution is -2.48. The molecule has 0 amide bonds. The Morgan fingerprint density at radius 2 is 2.21 bits per heavy atom. The van der Waals surface area contributed by atoms with Crippen molar-refractivity contribution in [1.82, 2.24) is 15.6 Å². The summed E-state index contributed by atoms with van der Waals surface area (Å²) in [6, 6.07) is 12.1. The van der Waals surface area contributed by atoms with Gasteiger partial charge >= 0.3 is 0 Å². The second-order valence-corrected chi connectivity index (χ2v) is 7.91. The predicted octanol–water partition coefficient (Wildman–Crippen LogP) is 2.31. The zero-order valence-electron chi connectivity index (χ0n) is 16.0. The zero-order chi connectivity index (χ0) is 19.6. The monoisotopic (exact) mass is 399 g/mol. The fourth-order valence-corrected chi connectivity index (χ4v) is 4.39. The van der Waals surface area contributed by atoms with E-state index < -0.39 is 5.60 Å². The van der Waals surface area contributed by atoms with Crippen molar-refractivity contribution in [2.75, 3.05) is 31.6 Å². The van der Waals surface area contributed by atoms with E-state index in [1.165, 1.54) is 5.56 Å². The largest absolute Gasteiger partial charge is 0.383 e. The van der Waals surface area contributed by atoms with Crippen molar-refractivity contribution in [2.24, 2.45) is 4.99 Å². The molecule has 0 saturated carbocycles. The SMILES string of the molecule is CN=C(NCC1(O)CCc2ccccc21)NC1CCN(c2ncccc2Cl)C1. The van der Waals surface area contributed by atoms with E-state index in [4.69, 9.17) is 11.6 Å². The molecule has 148 valence electrons. The highest BCUT2D eigenvalue weighted by Gasteiger charge is 2.36. The van der Waals surface area contributed by atoms with E-state index in [2.05, 4.69) is 31.6 Å². The zero-order valence-corrected chi connectivity index (χ0v) is 16.8. The molecule has 1 saturated heterocycles. The molecule has 2 aromatic rings. The molecule has 2 unspecified atom stereocenters. The summed E-state index contributed by atoms with van der Waals surface area (Å²) < 4.78 is 0. The third-order valence-corrected chi connectivity index (χ3v) is 5.96. The van der Waals surface area contributed by atoms with Crippen LogP contribution in [0, 0.1) is 0 Å². The number of fused-ring (bicyclic) bond motifs is 1. The van der Waals surface area contributed by atoms with Gasteiger partial charge in [0.25, 0.3) is 0 Å². The molecule has 1 fully saturated rings. The number of benzene rings is 1. The summed E-state index contributed by atoms with van der Waals surface area (Å²) >= 11 is 6.28. The molecular formula is C21H26ClN5O. The van der Waals surface area contributed by atoms with Crippen molar-refractivity contribution in [2.45, 2.75) is 30.9 Å². The Labute approximate surface area is 170 Å². The van der Waals surface area contributed by atoms with Gasteiger partial charge in [-0.15, -0.1) is 0 Å². The number of nitrogens with zero attached hydrogens (tertiary/aromatic N) is 3. The number of hydrogen-bond acceptors (Lipinski definition) is 4. The van der Waals surface area contributed by atoms with Gasteiger partial charge in [0, 0.05) is 32.4 Å². The lowest BCUT2D eigenvalue weighted by Gasteiger charge is -2.26. The number of aliphatic imine (C=N–C) groups is 1. The lowest BCUT2D eigenvalue weighted by atomic mass is 9.96. The quantitative estimate of drug-likeness (QED) is 0.543. The van der Waals surface area contributed by atoms with Gasteiger partial charge in [-0.1, -0.05) is 35.9 Å².